The van der Waals surface area contributed by atoms with Crippen LogP contribution >= 0.6 is 0 Å². The van der Waals surface area contributed by atoms with E-state index in [0.717, 1.165) is 11.1 Å². The summed E-state index contributed by atoms with van der Waals surface area (Å²) in [6.07, 6.45) is 0. The molecule has 2 rings (SSSR count). The Kier molecular flexibility index (Phi) is 3.85. The molecule has 1 saturated heterocycles. The molecule has 1 aromatic carbocycles. The van der Waals surface area contributed by atoms with E-state index in [0.29, 0.717) is 30.3 Å². The molecular weight excluding hydrogens is 264 g/mol. The van der Waals surface area contributed by atoms with Crippen molar-refractivity contribution in [3.63, 3.8) is 0 Å². The van der Waals surface area contributed by atoms with Gasteiger partial charge >= 0.3 is 0 Å². The lowest BCUT2D eigenvalue weighted by molar-refractivity contribution is 0.0392. The number of morpholine rings is 1. The molecule has 1 aromatic rings. The number of nitrogens with two attached hydrogens (primary N) is 1. The zero-order chi connectivity index (χ0) is 14.2. The van der Waals surface area contributed by atoms with E-state index >= 15 is 0 Å². The first-order valence-corrected chi connectivity index (χ1v) is 7.74. The normalized spacial score (nSPS) is 21.5. The van der Waals surface area contributed by atoms with Crippen LogP contribution in [0.25, 0.3) is 0 Å². The first-order chi connectivity index (χ1) is 8.84. The van der Waals surface area contributed by atoms with Crippen LogP contribution in [0, 0.1) is 13.8 Å². The molecular formula is C13H20N2O3S. The largest absolute Gasteiger partial charge is 0.399 e. The van der Waals surface area contributed by atoms with E-state index in [1.165, 1.54) is 4.31 Å². The smallest absolute Gasteiger partial charge is 0.243 e. The Bertz CT molecular complexity index is 584. The van der Waals surface area contributed by atoms with Gasteiger partial charge in [-0.3, -0.25) is 0 Å². The molecule has 106 valence electrons. The standard InChI is InChI=1S/C13H20N2O3S/c1-9-6-12(14)7-13(11(9)3)19(16,17)15-4-5-18-8-10(15)2/h6-7,10H,4-5,8,14H2,1-3H3/t10-/m1/s1. The van der Waals surface area contributed by atoms with E-state index in [4.69, 9.17) is 10.5 Å². The van der Waals surface area contributed by atoms with Gasteiger partial charge in [0.05, 0.1) is 18.1 Å². The van der Waals surface area contributed by atoms with Gasteiger partial charge < -0.3 is 10.5 Å². The summed E-state index contributed by atoms with van der Waals surface area (Å²) in [6.45, 7) is 6.78. The molecule has 0 aromatic heterocycles. The molecule has 0 radical (unpaired) electrons. The Morgan fingerprint density at radius 1 is 1.37 bits per heavy atom. The molecule has 0 bridgehead atoms. The number of sulfonamides is 1. The summed E-state index contributed by atoms with van der Waals surface area (Å²) in [6, 6.07) is 3.18. The number of ether oxygens (including phenoxy) is 1. The zero-order valence-corrected chi connectivity index (χ0v) is 12.3. The molecule has 6 heteroatoms. The van der Waals surface area contributed by atoms with E-state index in [1.54, 1.807) is 12.1 Å². The average Bonchev–Trinajstić information content (AvgIpc) is 2.34. The van der Waals surface area contributed by atoms with Gasteiger partial charge in [0.15, 0.2) is 0 Å². The SMILES string of the molecule is Cc1cc(N)cc(S(=O)(=O)N2CCOC[C@H]2C)c1C. The summed E-state index contributed by atoms with van der Waals surface area (Å²) in [5.41, 5.74) is 7.90. The minimum Gasteiger partial charge on any atom is -0.399 e. The van der Waals surface area contributed by atoms with E-state index in [2.05, 4.69) is 0 Å². The van der Waals surface area contributed by atoms with Crippen molar-refractivity contribution < 1.29 is 13.2 Å². The van der Waals surface area contributed by atoms with Crippen LogP contribution in [-0.2, 0) is 14.8 Å². The average molecular weight is 284 g/mol. The maximum absolute atomic E-state index is 12.7. The van der Waals surface area contributed by atoms with Crippen LogP contribution in [0.1, 0.15) is 18.1 Å². The highest BCUT2D eigenvalue weighted by molar-refractivity contribution is 7.89. The van der Waals surface area contributed by atoms with E-state index in [9.17, 15) is 8.42 Å². The number of rotatable bonds is 2. The second-order valence-corrected chi connectivity index (χ2v) is 6.86. The molecule has 19 heavy (non-hydrogen) atoms. The lowest BCUT2D eigenvalue weighted by Crippen LogP contribution is -2.47. The molecule has 1 fully saturated rings. The van der Waals surface area contributed by atoms with Crippen molar-refractivity contribution in [3.05, 3.63) is 23.3 Å². The van der Waals surface area contributed by atoms with Crippen LogP contribution in [0.15, 0.2) is 17.0 Å². The second-order valence-electron chi connectivity index (χ2n) is 5.00. The monoisotopic (exact) mass is 284 g/mol. The highest BCUT2D eigenvalue weighted by atomic mass is 32.2. The molecule has 0 amide bonds. The number of benzene rings is 1. The highest BCUT2D eigenvalue weighted by Crippen LogP contribution is 2.27. The number of hydrogen-bond donors (Lipinski definition) is 1. The topological polar surface area (TPSA) is 72.6 Å². The first kappa shape index (κ1) is 14.3. The van der Waals surface area contributed by atoms with Crippen LogP contribution in [0.5, 0.6) is 0 Å². The molecule has 0 saturated carbocycles. The molecule has 0 unspecified atom stereocenters. The maximum atomic E-state index is 12.7. The summed E-state index contributed by atoms with van der Waals surface area (Å²) in [7, 11) is -3.51. The van der Waals surface area contributed by atoms with E-state index in [-0.39, 0.29) is 6.04 Å². The van der Waals surface area contributed by atoms with E-state index < -0.39 is 10.0 Å². The Labute approximate surface area is 114 Å². The van der Waals surface area contributed by atoms with Crippen LogP contribution in [0.4, 0.5) is 5.69 Å². The number of anilines is 1. The van der Waals surface area contributed by atoms with Gasteiger partial charge in [-0.1, -0.05) is 0 Å². The predicted molar refractivity (Wildman–Crippen MR) is 74.5 cm³/mol. The van der Waals surface area contributed by atoms with Crippen molar-refractivity contribution in [2.45, 2.75) is 31.7 Å². The molecule has 1 heterocycles. The summed E-state index contributed by atoms with van der Waals surface area (Å²) in [5.74, 6) is 0. The Morgan fingerprint density at radius 2 is 2.05 bits per heavy atom. The maximum Gasteiger partial charge on any atom is 0.243 e. The summed E-state index contributed by atoms with van der Waals surface area (Å²) in [4.78, 5) is 0.304. The van der Waals surface area contributed by atoms with Crippen LogP contribution in [0.3, 0.4) is 0 Å². The van der Waals surface area contributed by atoms with Gasteiger partial charge in [-0.25, -0.2) is 8.42 Å². The predicted octanol–water partition coefficient (Wildman–Crippen LogP) is 1.30. The van der Waals surface area contributed by atoms with Crippen molar-refractivity contribution in [2.24, 2.45) is 0 Å². The van der Waals surface area contributed by atoms with Gasteiger partial charge in [-0.2, -0.15) is 4.31 Å². The van der Waals surface area contributed by atoms with Gasteiger partial charge in [0.2, 0.25) is 10.0 Å². The van der Waals surface area contributed by atoms with Crippen molar-refractivity contribution in [3.8, 4) is 0 Å². The third kappa shape index (κ3) is 2.61. The number of aryl methyl sites for hydroxylation is 1. The second kappa shape index (κ2) is 5.11. The minimum absolute atomic E-state index is 0.153. The summed E-state index contributed by atoms with van der Waals surface area (Å²) < 4.78 is 32.3. The lowest BCUT2D eigenvalue weighted by atomic mass is 10.1. The van der Waals surface area contributed by atoms with Crippen molar-refractivity contribution in [1.82, 2.24) is 4.31 Å². The van der Waals surface area contributed by atoms with Crippen LogP contribution in [-0.4, -0.2) is 38.5 Å². The quantitative estimate of drug-likeness (QED) is 0.831. The number of nitrogens with zero attached hydrogens (tertiary/aromatic N) is 1. The van der Waals surface area contributed by atoms with Crippen molar-refractivity contribution in [1.29, 1.82) is 0 Å². The fourth-order valence-corrected chi connectivity index (χ4v) is 4.25. The molecule has 1 atom stereocenters. The number of nitrogen functional groups attached to an aromatic ring is 1. The molecule has 1 aliphatic heterocycles. The van der Waals surface area contributed by atoms with Gasteiger partial charge in [0, 0.05) is 18.3 Å². The van der Waals surface area contributed by atoms with Gasteiger partial charge in [0.1, 0.15) is 0 Å². The Morgan fingerprint density at radius 3 is 2.68 bits per heavy atom. The Hall–Kier alpha value is -1.11. The first-order valence-electron chi connectivity index (χ1n) is 6.30. The van der Waals surface area contributed by atoms with Gasteiger partial charge in [-0.05, 0) is 44.0 Å². The molecule has 0 spiro atoms. The summed E-state index contributed by atoms with van der Waals surface area (Å²) in [5, 5.41) is 0. The fraction of sp³-hybridized carbons (Fsp3) is 0.538. The fourth-order valence-electron chi connectivity index (χ4n) is 2.32. The molecule has 5 nitrogen and oxygen atoms in total. The van der Waals surface area contributed by atoms with Crippen molar-refractivity contribution >= 4 is 15.7 Å². The number of hydrogen-bond acceptors (Lipinski definition) is 4. The molecule has 2 N–H and O–H groups in total. The van der Waals surface area contributed by atoms with Crippen molar-refractivity contribution in [2.75, 3.05) is 25.5 Å². The lowest BCUT2D eigenvalue weighted by Gasteiger charge is -2.32. The summed E-state index contributed by atoms with van der Waals surface area (Å²) >= 11 is 0. The zero-order valence-electron chi connectivity index (χ0n) is 11.5. The Balaban J connectivity index is 2.50. The third-order valence-electron chi connectivity index (χ3n) is 3.54. The molecule has 1 aliphatic rings. The molecule has 0 aliphatic carbocycles. The van der Waals surface area contributed by atoms with Gasteiger partial charge in [-0.15, -0.1) is 0 Å². The van der Waals surface area contributed by atoms with Crippen LogP contribution < -0.4 is 5.73 Å². The minimum atomic E-state index is -3.51. The third-order valence-corrected chi connectivity index (χ3v) is 5.68. The van der Waals surface area contributed by atoms with Gasteiger partial charge in [0.25, 0.3) is 0 Å². The van der Waals surface area contributed by atoms with Crippen LogP contribution in [0.2, 0.25) is 0 Å². The highest BCUT2D eigenvalue weighted by Gasteiger charge is 2.32. The van der Waals surface area contributed by atoms with E-state index in [1.807, 2.05) is 20.8 Å².